The zero-order valence-electron chi connectivity index (χ0n) is 21.1. The minimum absolute atomic E-state index is 0.0767. The first kappa shape index (κ1) is 27.9. The van der Waals surface area contributed by atoms with Gasteiger partial charge in [0.25, 0.3) is 5.91 Å². The number of aromatic nitrogens is 3. The molecule has 3 amide bonds. The minimum atomic E-state index is -4.67. The number of fused-ring (bicyclic) bond motifs is 1. The van der Waals surface area contributed by atoms with Gasteiger partial charge in [-0.15, -0.1) is 0 Å². The summed E-state index contributed by atoms with van der Waals surface area (Å²) in [6.07, 6.45) is 0.0928. The van der Waals surface area contributed by atoms with E-state index in [1.807, 2.05) is 6.92 Å². The molecule has 3 N–H and O–H groups in total. The van der Waals surface area contributed by atoms with Crippen molar-refractivity contribution in [3.63, 3.8) is 0 Å². The van der Waals surface area contributed by atoms with Crippen molar-refractivity contribution in [2.24, 2.45) is 0 Å². The van der Waals surface area contributed by atoms with Gasteiger partial charge in [-0.05, 0) is 55.0 Å². The van der Waals surface area contributed by atoms with Crippen LogP contribution in [0.1, 0.15) is 21.5 Å². The molecule has 0 spiro atoms. The summed E-state index contributed by atoms with van der Waals surface area (Å²) in [6, 6.07) is 14.1. The Balaban J connectivity index is 1.35. The molecule has 0 saturated heterocycles. The molecule has 0 atom stereocenters. The maximum atomic E-state index is 13.1. The van der Waals surface area contributed by atoms with E-state index in [4.69, 9.17) is 23.2 Å². The molecule has 208 valence electrons. The van der Waals surface area contributed by atoms with Crippen molar-refractivity contribution in [1.29, 1.82) is 0 Å². The Bertz CT molecular complexity index is 1810. The molecule has 0 aliphatic rings. The molecule has 13 heteroatoms. The van der Waals surface area contributed by atoms with Crippen molar-refractivity contribution in [2.45, 2.75) is 13.1 Å². The highest BCUT2D eigenvalue weighted by atomic mass is 35.5. The van der Waals surface area contributed by atoms with Gasteiger partial charge in [0.1, 0.15) is 0 Å². The summed E-state index contributed by atoms with van der Waals surface area (Å²) in [6.45, 7) is 1.84. The van der Waals surface area contributed by atoms with Crippen LogP contribution < -0.4 is 16.0 Å². The van der Waals surface area contributed by atoms with Gasteiger partial charge in [-0.2, -0.15) is 13.2 Å². The Morgan fingerprint density at radius 3 is 2.37 bits per heavy atom. The number of amides is 3. The molecule has 3 aromatic carbocycles. The maximum Gasteiger partial charge on any atom is 0.417 e. The molecule has 0 radical (unpaired) electrons. The second-order valence-electron chi connectivity index (χ2n) is 8.88. The number of nitrogens with one attached hydrogen (secondary N) is 3. The van der Waals surface area contributed by atoms with Crippen LogP contribution in [0, 0.1) is 6.92 Å². The van der Waals surface area contributed by atoms with E-state index in [1.54, 1.807) is 59.3 Å². The molecule has 8 nitrogen and oxygen atoms in total. The standard InChI is InChI=1S/C28H19Cl2F3N6O2/c1-15-5-6-17(12-22(15)30)26(40)38-24-25-35-14-23(39(25)10-9-34-24)16-3-2-4-18(11-16)36-27(41)37-19-7-8-21(29)20(13-19)28(31,32)33/h2-14H,1H3,(H,34,38,40)(H2,36,37,41). The number of imidazole rings is 1. The topological polar surface area (TPSA) is 100 Å². The molecular weight excluding hydrogens is 580 g/mol. The fourth-order valence-corrected chi connectivity index (χ4v) is 4.41. The molecule has 2 heterocycles. The van der Waals surface area contributed by atoms with Crippen molar-refractivity contribution >= 4 is 58.0 Å². The Labute approximate surface area is 241 Å². The van der Waals surface area contributed by atoms with Gasteiger partial charge in [0.05, 0.1) is 22.5 Å². The number of rotatable bonds is 5. The number of carbonyl (C=O) groups excluding carboxylic acids is 2. The summed E-state index contributed by atoms with van der Waals surface area (Å²) in [5.74, 6) is -0.174. The highest BCUT2D eigenvalue weighted by Crippen LogP contribution is 2.36. The van der Waals surface area contributed by atoms with Gasteiger partial charge in [0.15, 0.2) is 11.5 Å². The first-order chi connectivity index (χ1) is 19.5. The smallest absolute Gasteiger partial charge is 0.308 e. The average Bonchev–Trinajstić information content (AvgIpc) is 3.36. The van der Waals surface area contributed by atoms with Gasteiger partial charge in [-0.3, -0.25) is 9.20 Å². The number of urea groups is 1. The maximum absolute atomic E-state index is 13.1. The van der Waals surface area contributed by atoms with Crippen LogP contribution in [-0.2, 0) is 6.18 Å². The van der Waals surface area contributed by atoms with Crippen LogP contribution >= 0.6 is 23.2 Å². The largest absolute Gasteiger partial charge is 0.417 e. The zero-order valence-corrected chi connectivity index (χ0v) is 22.6. The van der Waals surface area contributed by atoms with Gasteiger partial charge < -0.3 is 16.0 Å². The predicted molar refractivity (Wildman–Crippen MR) is 152 cm³/mol. The van der Waals surface area contributed by atoms with Gasteiger partial charge in [-0.1, -0.05) is 41.4 Å². The second-order valence-corrected chi connectivity index (χ2v) is 9.70. The lowest BCUT2D eigenvalue weighted by molar-refractivity contribution is -0.137. The Morgan fingerprint density at radius 1 is 0.878 bits per heavy atom. The Morgan fingerprint density at radius 2 is 1.63 bits per heavy atom. The van der Waals surface area contributed by atoms with Crippen LogP contribution in [-0.4, -0.2) is 26.3 Å². The van der Waals surface area contributed by atoms with Crippen LogP contribution in [0.25, 0.3) is 16.9 Å². The molecular formula is C28H19Cl2F3N6O2. The van der Waals surface area contributed by atoms with E-state index in [0.717, 1.165) is 17.7 Å². The lowest BCUT2D eigenvalue weighted by Crippen LogP contribution is -2.20. The van der Waals surface area contributed by atoms with Gasteiger partial charge >= 0.3 is 12.2 Å². The number of nitrogens with zero attached hydrogens (tertiary/aromatic N) is 3. The number of anilines is 3. The number of halogens is 5. The predicted octanol–water partition coefficient (Wildman–Crippen LogP) is 7.93. The SMILES string of the molecule is Cc1ccc(C(=O)Nc2nccn3c(-c4cccc(NC(=O)Nc5ccc(Cl)c(C(F)(F)F)c5)c4)cnc23)cc1Cl. The number of hydrogen-bond donors (Lipinski definition) is 3. The third-order valence-electron chi connectivity index (χ3n) is 6.04. The van der Waals surface area contributed by atoms with Gasteiger partial charge in [0.2, 0.25) is 0 Å². The Hall–Kier alpha value is -4.61. The van der Waals surface area contributed by atoms with Crippen LogP contribution in [0.4, 0.5) is 35.2 Å². The van der Waals surface area contributed by atoms with Crippen LogP contribution in [0.15, 0.2) is 79.3 Å². The van der Waals surface area contributed by atoms with E-state index < -0.39 is 28.7 Å². The van der Waals surface area contributed by atoms with Gasteiger partial charge in [0, 0.05) is 39.9 Å². The van der Waals surface area contributed by atoms with E-state index in [2.05, 4.69) is 25.9 Å². The van der Waals surface area contributed by atoms with Crippen molar-refractivity contribution in [3.05, 3.63) is 106 Å². The number of alkyl halides is 3. The van der Waals surface area contributed by atoms with E-state index in [0.29, 0.717) is 33.2 Å². The number of aryl methyl sites for hydroxylation is 1. The summed E-state index contributed by atoms with van der Waals surface area (Å²) in [4.78, 5) is 34.0. The molecule has 5 rings (SSSR count). The Kier molecular flexibility index (Phi) is 7.57. The lowest BCUT2D eigenvalue weighted by Gasteiger charge is -2.13. The monoisotopic (exact) mass is 598 g/mol. The van der Waals surface area contributed by atoms with E-state index in [1.165, 1.54) is 12.3 Å². The molecule has 0 unspecified atom stereocenters. The lowest BCUT2D eigenvalue weighted by atomic mass is 10.1. The van der Waals surface area contributed by atoms with Crippen LogP contribution in [0.3, 0.4) is 0 Å². The molecule has 0 saturated carbocycles. The third kappa shape index (κ3) is 6.11. The van der Waals surface area contributed by atoms with Gasteiger partial charge in [-0.25, -0.2) is 14.8 Å². The first-order valence-corrected chi connectivity index (χ1v) is 12.7. The third-order valence-corrected chi connectivity index (χ3v) is 6.78. The minimum Gasteiger partial charge on any atom is -0.308 e. The number of carbonyl (C=O) groups is 2. The van der Waals surface area contributed by atoms with E-state index in [9.17, 15) is 22.8 Å². The number of benzene rings is 3. The fraction of sp³-hybridized carbons (Fsp3) is 0.0714. The highest BCUT2D eigenvalue weighted by molar-refractivity contribution is 6.32. The van der Waals surface area contributed by atoms with Crippen molar-refractivity contribution < 1.29 is 22.8 Å². The summed E-state index contributed by atoms with van der Waals surface area (Å²) < 4.78 is 41.2. The molecule has 0 aliphatic carbocycles. The summed E-state index contributed by atoms with van der Waals surface area (Å²) in [5.41, 5.74) is 2.12. The zero-order chi connectivity index (χ0) is 29.3. The first-order valence-electron chi connectivity index (χ1n) is 11.9. The van der Waals surface area contributed by atoms with Crippen LogP contribution in [0.5, 0.6) is 0 Å². The quantitative estimate of drug-likeness (QED) is 0.191. The van der Waals surface area contributed by atoms with E-state index in [-0.39, 0.29) is 11.5 Å². The average molecular weight is 599 g/mol. The second kappa shape index (κ2) is 11.1. The van der Waals surface area contributed by atoms with Crippen molar-refractivity contribution in [3.8, 4) is 11.3 Å². The number of hydrogen-bond acceptors (Lipinski definition) is 4. The fourth-order valence-electron chi connectivity index (χ4n) is 4.00. The normalized spacial score (nSPS) is 11.4. The summed E-state index contributed by atoms with van der Waals surface area (Å²) in [7, 11) is 0. The van der Waals surface area contributed by atoms with Crippen molar-refractivity contribution in [1.82, 2.24) is 14.4 Å². The molecule has 2 aromatic heterocycles. The molecule has 0 fully saturated rings. The molecule has 5 aromatic rings. The molecule has 41 heavy (non-hydrogen) atoms. The van der Waals surface area contributed by atoms with E-state index >= 15 is 0 Å². The summed E-state index contributed by atoms with van der Waals surface area (Å²) in [5, 5.41) is 7.73. The van der Waals surface area contributed by atoms with Crippen molar-refractivity contribution in [2.75, 3.05) is 16.0 Å². The summed E-state index contributed by atoms with van der Waals surface area (Å²) >= 11 is 11.8. The molecule has 0 aliphatic heterocycles. The van der Waals surface area contributed by atoms with Crippen LogP contribution in [0.2, 0.25) is 10.0 Å². The molecule has 0 bridgehead atoms. The highest BCUT2D eigenvalue weighted by Gasteiger charge is 2.33.